The van der Waals surface area contributed by atoms with Gasteiger partial charge in [0.2, 0.25) is 0 Å². The highest BCUT2D eigenvalue weighted by molar-refractivity contribution is 8.00. The van der Waals surface area contributed by atoms with Crippen LogP contribution in [0.2, 0.25) is 0 Å². The van der Waals surface area contributed by atoms with Crippen LogP contribution in [-0.4, -0.2) is 35.1 Å². The number of thioether (sulfide) groups is 3. The van der Waals surface area contributed by atoms with E-state index in [4.69, 9.17) is 4.74 Å². The minimum atomic E-state index is -0.0927. The predicted molar refractivity (Wildman–Crippen MR) is 158 cm³/mol. The van der Waals surface area contributed by atoms with Crippen molar-refractivity contribution in [2.75, 3.05) is 23.0 Å². The third-order valence-electron chi connectivity index (χ3n) is 5.75. The molecule has 0 aliphatic heterocycles. The lowest BCUT2D eigenvalue weighted by Crippen LogP contribution is -2.23. The Morgan fingerprint density at radius 2 is 1.17 bits per heavy atom. The van der Waals surface area contributed by atoms with Crippen LogP contribution in [0.1, 0.15) is 77.6 Å². The molecule has 0 unspecified atom stereocenters. The van der Waals surface area contributed by atoms with Gasteiger partial charge in [0.25, 0.3) is 0 Å². The Morgan fingerprint density at radius 3 is 1.69 bits per heavy atom. The summed E-state index contributed by atoms with van der Waals surface area (Å²) in [7, 11) is 0. The van der Waals surface area contributed by atoms with Gasteiger partial charge in [-0.05, 0) is 36.4 Å². The molecule has 2 rings (SSSR count). The second-order valence-electron chi connectivity index (χ2n) is 8.90. The Labute approximate surface area is 227 Å². The molecule has 2 nitrogen and oxygen atoms in total. The van der Waals surface area contributed by atoms with Crippen LogP contribution in [0.4, 0.5) is 0 Å². The van der Waals surface area contributed by atoms with Gasteiger partial charge in [-0.3, -0.25) is 4.79 Å². The summed E-state index contributed by atoms with van der Waals surface area (Å²) >= 11 is 5.41. The third-order valence-corrected chi connectivity index (χ3v) is 9.11. The van der Waals surface area contributed by atoms with Crippen molar-refractivity contribution in [2.45, 2.75) is 93.4 Å². The van der Waals surface area contributed by atoms with Crippen LogP contribution in [0.15, 0.2) is 70.5 Å². The zero-order chi connectivity index (χ0) is 24.8. The number of ether oxygens (including phenoxy) is 1. The molecule has 0 heterocycles. The van der Waals surface area contributed by atoms with Crippen molar-refractivity contribution < 1.29 is 9.53 Å². The van der Waals surface area contributed by atoms with E-state index in [-0.39, 0.29) is 12.1 Å². The molecule has 0 fully saturated rings. The summed E-state index contributed by atoms with van der Waals surface area (Å²) in [5.74, 6) is 3.51. The largest absolute Gasteiger partial charge is 0.461 e. The molecule has 0 aliphatic rings. The zero-order valence-electron chi connectivity index (χ0n) is 21.5. The molecule has 2 aromatic rings. The van der Waals surface area contributed by atoms with Gasteiger partial charge in [0.1, 0.15) is 6.10 Å². The number of carbonyl (C=O) groups is 1. The lowest BCUT2D eigenvalue weighted by molar-refractivity contribution is -0.146. The van der Waals surface area contributed by atoms with Gasteiger partial charge < -0.3 is 4.74 Å². The highest BCUT2D eigenvalue weighted by Crippen LogP contribution is 2.24. The molecule has 0 saturated carbocycles. The molecule has 0 aromatic heterocycles. The van der Waals surface area contributed by atoms with Gasteiger partial charge in [0.15, 0.2) is 0 Å². The average Bonchev–Trinajstić information content (AvgIpc) is 2.89. The molecule has 0 amide bonds. The van der Waals surface area contributed by atoms with Crippen LogP contribution < -0.4 is 0 Å². The predicted octanol–water partition coefficient (Wildman–Crippen LogP) is 9.53. The van der Waals surface area contributed by atoms with Crippen molar-refractivity contribution in [1.29, 1.82) is 0 Å². The first kappa shape index (κ1) is 30.2. The Balaban J connectivity index is 1.56. The van der Waals surface area contributed by atoms with E-state index in [0.29, 0.717) is 6.42 Å². The molecular formula is C30H44O2S3. The molecule has 0 radical (unpaired) electrons. The summed E-state index contributed by atoms with van der Waals surface area (Å²) in [6.45, 7) is 2.27. The second kappa shape index (κ2) is 21.1. The fraction of sp³-hybridized carbons (Fsp3) is 0.567. The van der Waals surface area contributed by atoms with E-state index in [2.05, 4.69) is 31.2 Å². The molecule has 0 aliphatic carbocycles. The van der Waals surface area contributed by atoms with Gasteiger partial charge in [-0.15, -0.1) is 23.5 Å². The van der Waals surface area contributed by atoms with Crippen molar-refractivity contribution >= 4 is 41.3 Å². The fourth-order valence-electron chi connectivity index (χ4n) is 3.72. The van der Waals surface area contributed by atoms with E-state index in [1.165, 1.54) is 74.0 Å². The maximum Gasteiger partial charge on any atom is 0.306 e. The number of benzene rings is 2. The van der Waals surface area contributed by atoms with Gasteiger partial charge in [-0.1, -0.05) is 101 Å². The monoisotopic (exact) mass is 532 g/mol. The number of rotatable bonds is 21. The van der Waals surface area contributed by atoms with E-state index in [1.54, 1.807) is 23.5 Å². The van der Waals surface area contributed by atoms with Crippen LogP contribution in [0, 0.1) is 0 Å². The quantitative estimate of drug-likeness (QED) is 0.0906. The van der Waals surface area contributed by atoms with Gasteiger partial charge in [-0.2, -0.15) is 11.8 Å². The van der Waals surface area contributed by atoms with Crippen LogP contribution >= 0.6 is 35.3 Å². The van der Waals surface area contributed by atoms with Crippen molar-refractivity contribution in [3.8, 4) is 0 Å². The van der Waals surface area contributed by atoms with Crippen molar-refractivity contribution in [3.05, 3.63) is 60.7 Å². The van der Waals surface area contributed by atoms with Crippen LogP contribution in [0.5, 0.6) is 0 Å². The summed E-state index contributed by atoms with van der Waals surface area (Å²) < 4.78 is 5.91. The van der Waals surface area contributed by atoms with Crippen molar-refractivity contribution in [2.24, 2.45) is 0 Å². The second-order valence-corrected chi connectivity index (χ2v) is 12.3. The Kier molecular flexibility index (Phi) is 18.2. The van der Waals surface area contributed by atoms with E-state index in [1.807, 2.05) is 48.2 Å². The minimum absolute atomic E-state index is 0.0621. The fourth-order valence-corrected chi connectivity index (χ4v) is 6.62. The van der Waals surface area contributed by atoms with E-state index >= 15 is 0 Å². The average molecular weight is 533 g/mol. The Hall–Kier alpha value is -1.04. The van der Waals surface area contributed by atoms with Crippen molar-refractivity contribution in [1.82, 2.24) is 0 Å². The first-order valence-corrected chi connectivity index (χ1v) is 16.5. The van der Waals surface area contributed by atoms with E-state index in [0.717, 1.165) is 23.0 Å². The van der Waals surface area contributed by atoms with E-state index in [9.17, 15) is 4.79 Å². The molecular weight excluding hydrogens is 489 g/mol. The normalized spacial score (nSPS) is 11.1. The molecule has 2 aromatic carbocycles. The van der Waals surface area contributed by atoms with Gasteiger partial charge in [0, 0.05) is 27.0 Å². The Morgan fingerprint density at radius 1 is 0.686 bits per heavy atom. The number of unbranched alkanes of at least 4 members (excludes halogenated alkanes) is 9. The molecule has 0 N–H and O–H groups in total. The molecule has 0 bridgehead atoms. The topological polar surface area (TPSA) is 26.3 Å². The van der Waals surface area contributed by atoms with Crippen LogP contribution in [-0.2, 0) is 9.53 Å². The van der Waals surface area contributed by atoms with Crippen LogP contribution in [0.3, 0.4) is 0 Å². The SMILES string of the molecule is CCCCCCCCCCCCSCCC(=O)OC(CSc1ccccc1)CSc1ccccc1. The number of hydrogen-bond acceptors (Lipinski definition) is 5. The third kappa shape index (κ3) is 16.3. The molecule has 194 valence electrons. The molecule has 35 heavy (non-hydrogen) atoms. The summed E-state index contributed by atoms with van der Waals surface area (Å²) in [5, 5.41) is 0. The standard InChI is InChI=1S/C30H44O2S3/c1-2-3-4-5-6-7-8-9-10-17-23-33-24-22-30(31)32-27(25-34-28-18-13-11-14-19-28)26-35-29-20-15-12-16-21-29/h11-16,18-21,27H,2-10,17,22-26H2,1H3. The lowest BCUT2D eigenvalue weighted by Gasteiger charge is -2.17. The number of carbonyl (C=O) groups excluding carboxylic acids is 1. The zero-order valence-corrected chi connectivity index (χ0v) is 23.9. The van der Waals surface area contributed by atoms with E-state index < -0.39 is 0 Å². The van der Waals surface area contributed by atoms with Gasteiger partial charge in [-0.25, -0.2) is 0 Å². The molecule has 0 spiro atoms. The molecule has 0 saturated heterocycles. The number of hydrogen-bond donors (Lipinski definition) is 0. The maximum atomic E-state index is 12.5. The smallest absolute Gasteiger partial charge is 0.306 e. The highest BCUT2D eigenvalue weighted by atomic mass is 32.2. The summed E-state index contributed by atoms with van der Waals surface area (Å²) in [4.78, 5) is 14.9. The van der Waals surface area contributed by atoms with Crippen molar-refractivity contribution in [3.63, 3.8) is 0 Å². The number of esters is 1. The van der Waals surface area contributed by atoms with Gasteiger partial charge in [0.05, 0.1) is 6.42 Å². The first-order valence-electron chi connectivity index (χ1n) is 13.4. The molecule has 5 heteroatoms. The minimum Gasteiger partial charge on any atom is -0.461 e. The summed E-state index contributed by atoms with van der Waals surface area (Å²) in [6, 6.07) is 20.7. The van der Waals surface area contributed by atoms with Gasteiger partial charge >= 0.3 is 5.97 Å². The lowest BCUT2D eigenvalue weighted by atomic mass is 10.1. The Bertz CT molecular complexity index is 711. The summed E-state index contributed by atoms with van der Waals surface area (Å²) in [6.07, 6.45) is 14.1. The molecule has 0 atom stereocenters. The maximum absolute atomic E-state index is 12.5. The summed E-state index contributed by atoms with van der Waals surface area (Å²) in [5.41, 5.74) is 0. The first-order chi connectivity index (χ1) is 17.3. The highest BCUT2D eigenvalue weighted by Gasteiger charge is 2.16. The van der Waals surface area contributed by atoms with Crippen LogP contribution in [0.25, 0.3) is 0 Å².